The number of aromatic amines is 1. The van der Waals surface area contributed by atoms with Crippen LogP contribution in [0.15, 0.2) is 69.2 Å². The standard InChI is InChI=1S/C22H16N4O3S/c27-20(10-9-19-23-15-7-3-2-6-14(15)21(28)25-19)26-22-24-16(12-30-22)18-11-13-5-1-4-8-17(13)29-18/h1-8,11-12H,9-10H2,(H,23,25,28)(H,24,26,27). The SMILES string of the molecule is O=C(CCc1nc2ccccc2c(=O)[nH]1)Nc1nc(-c2cc3ccccc3o2)cs1. The number of nitrogens with one attached hydrogen (secondary N) is 2. The van der Waals surface area contributed by atoms with E-state index < -0.39 is 0 Å². The van der Waals surface area contributed by atoms with E-state index in [4.69, 9.17) is 4.42 Å². The molecule has 0 aliphatic rings. The fraction of sp³-hybridized carbons (Fsp3) is 0.0909. The number of H-pyrrole nitrogens is 1. The average Bonchev–Trinajstić information content (AvgIpc) is 3.39. The van der Waals surface area contributed by atoms with E-state index in [9.17, 15) is 9.59 Å². The number of amides is 1. The van der Waals surface area contributed by atoms with Gasteiger partial charge < -0.3 is 14.7 Å². The van der Waals surface area contributed by atoms with Crippen LogP contribution in [0.1, 0.15) is 12.2 Å². The summed E-state index contributed by atoms with van der Waals surface area (Å²) < 4.78 is 5.81. The number of furan rings is 1. The second-order valence-electron chi connectivity index (χ2n) is 6.76. The number of aromatic nitrogens is 3. The summed E-state index contributed by atoms with van der Waals surface area (Å²) in [5, 5.41) is 6.67. The Morgan fingerprint density at radius 3 is 2.83 bits per heavy atom. The van der Waals surface area contributed by atoms with Gasteiger partial charge in [-0.2, -0.15) is 0 Å². The third-order valence-electron chi connectivity index (χ3n) is 4.68. The summed E-state index contributed by atoms with van der Waals surface area (Å²) in [6.45, 7) is 0. The normalized spacial score (nSPS) is 11.2. The van der Waals surface area contributed by atoms with E-state index in [1.54, 1.807) is 18.2 Å². The first-order valence-corrected chi connectivity index (χ1v) is 10.3. The zero-order valence-electron chi connectivity index (χ0n) is 15.7. The molecule has 0 bridgehead atoms. The lowest BCUT2D eigenvalue weighted by Gasteiger charge is -2.03. The van der Waals surface area contributed by atoms with Crippen LogP contribution in [0.5, 0.6) is 0 Å². The van der Waals surface area contributed by atoms with Crippen molar-refractivity contribution in [3.63, 3.8) is 0 Å². The minimum absolute atomic E-state index is 0.181. The molecule has 3 aromatic heterocycles. The number of rotatable bonds is 5. The number of hydrogen-bond donors (Lipinski definition) is 2. The van der Waals surface area contributed by atoms with Gasteiger partial charge in [0, 0.05) is 23.6 Å². The molecule has 2 aromatic carbocycles. The van der Waals surface area contributed by atoms with Gasteiger partial charge in [0.25, 0.3) is 5.56 Å². The van der Waals surface area contributed by atoms with Crippen LogP contribution in [0.3, 0.4) is 0 Å². The number of thiazole rings is 1. The van der Waals surface area contributed by atoms with Gasteiger partial charge in [-0.3, -0.25) is 9.59 Å². The van der Waals surface area contributed by atoms with Crippen LogP contribution in [0.2, 0.25) is 0 Å². The van der Waals surface area contributed by atoms with Gasteiger partial charge in [-0.25, -0.2) is 9.97 Å². The molecule has 0 atom stereocenters. The lowest BCUT2D eigenvalue weighted by molar-refractivity contribution is -0.116. The smallest absolute Gasteiger partial charge is 0.258 e. The van der Waals surface area contributed by atoms with E-state index in [-0.39, 0.29) is 17.9 Å². The maximum Gasteiger partial charge on any atom is 0.258 e. The molecule has 0 fully saturated rings. The summed E-state index contributed by atoms with van der Waals surface area (Å²) in [7, 11) is 0. The monoisotopic (exact) mass is 416 g/mol. The molecule has 0 spiro atoms. The van der Waals surface area contributed by atoms with E-state index in [0.29, 0.717) is 39.7 Å². The molecule has 0 saturated heterocycles. The van der Waals surface area contributed by atoms with Crippen molar-refractivity contribution in [3.8, 4) is 11.5 Å². The Morgan fingerprint density at radius 2 is 1.93 bits per heavy atom. The number of para-hydroxylation sites is 2. The number of carbonyl (C=O) groups excluding carboxylic acids is 1. The summed E-state index contributed by atoms with van der Waals surface area (Å²) in [5.41, 5.74) is 1.88. The number of benzene rings is 2. The Bertz CT molecular complexity index is 1400. The summed E-state index contributed by atoms with van der Waals surface area (Å²) in [6.07, 6.45) is 0.508. The number of aryl methyl sites for hydroxylation is 1. The second-order valence-corrected chi connectivity index (χ2v) is 7.62. The number of anilines is 1. The maximum absolute atomic E-state index is 12.3. The highest BCUT2D eigenvalue weighted by Crippen LogP contribution is 2.30. The summed E-state index contributed by atoms with van der Waals surface area (Å²) >= 11 is 1.33. The Hall–Kier alpha value is -3.78. The van der Waals surface area contributed by atoms with Crippen molar-refractivity contribution in [2.75, 3.05) is 5.32 Å². The molecule has 1 amide bonds. The van der Waals surface area contributed by atoms with E-state index in [2.05, 4.69) is 20.3 Å². The highest BCUT2D eigenvalue weighted by Gasteiger charge is 2.12. The van der Waals surface area contributed by atoms with Crippen LogP contribution in [-0.4, -0.2) is 20.9 Å². The number of carbonyl (C=O) groups is 1. The van der Waals surface area contributed by atoms with Gasteiger partial charge in [0.2, 0.25) is 5.91 Å². The summed E-state index contributed by atoms with van der Waals surface area (Å²) in [4.78, 5) is 36.1. The van der Waals surface area contributed by atoms with Crippen LogP contribution < -0.4 is 10.9 Å². The predicted octanol–water partition coefficient (Wildman–Crippen LogP) is 4.36. The molecule has 5 rings (SSSR count). The van der Waals surface area contributed by atoms with Crippen LogP contribution >= 0.6 is 11.3 Å². The molecule has 7 nitrogen and oxygen atoms in total. The minimum Gasteiger partial charge on any atom is -0.454 e. The van der Waals surface area contributed by atoms with Crippen LogP contribution in [0.4, 0.5) is 5.13 Å². The Balaban J connectivity index is 1.26. The summed E-state index contributed by atoms with van der Waals surface area (Å²) in [6, 6.07) is 16.8. The van der Waals surface area contributed by atoms with Gasteiger partial charge in [0.15, 0.2) is 10.9 Å². The molecule has 0 saturated carbocycles. The first kappa shape index (κ1) is 18.3. The topological polar surface area (TPSA) is 101 Å². The molecule has 148 valence electrons. The third kappa shape index (κ3) is 3.60. The van der Waals surface area contributed by atoms with Crippen molar-refractivity contribution < 1.29 is 9.21 Å². The first-order chi connectivity index (χ1) is 14.7. The molecule has 8 heteroatoms. The van der Waals surface area contributed by atoms with E-state index in [0.717, 1.165) is 11.0 Å². The molecular weight excluding hydrogens is 400 g/mol. The number of fused-ring (bicyclic) bond motifs is 2. The highest BCUT2D eigenvalue weighted by atomic mass is 32.1. The van der Waals surface area contributed by atoms with Gasteiger partial charge in [-0.05, 0) is 24.3 Å². The van der Waals surface area contributed by atoms with Gasteiger partial charge in [-0.1, -0.05) is 30.3 Å². The summed E-state index contributed by atoms with van der Waals surface area (Å²) in [5.74, 6) is 0.943. The highest BCUT2D eigenvalue weighted by molar-refractivity contribution is 7.14. The molecular formula is C22H16N4O3S. The van der Waals surface area contributed by atoms with Crippen LogP contribution in [0.25, 0.3) is 33.3 Å². The van der Waals surface area contributed by atoms with Gasteiger partial charge >= 0.3 is 0 Å². The van der Waals surface area contributed by atoms with Crippen LogP contribution in [0, 0.1) is 0 Å². The molecule has 0 unspecified atom stereocenters. The fourth-order valence-electron chi connectivity index (χ4n) is 3.22. The molecule has 30 heavy (non-hydrogen) atoms. The third-order valence-corrected chi connectivity index (χ3v) is 5.44. The quantitative estimate of drug-likeness (QED) is 0.443. The molecule has 0 radical (unpaired) electrons. The maximum atomic E-state index is 12.3. The van der Waals surface area contributed by atoms with E-state index >= 15 is 0 Å². The number of hydrogen-bond acceptors (Lipinski definition) is 6. The van der Waals surface area contributed by atoms with Crippen molar-refractivity contribution in [3.05, 3.63) is 76.2 Å². The Kier molecular flexibility index (Phi) is 4.61. The lowest BCUT2D eigenvalue weighted by atomic mass is 10.2. The van der Waals surface area contributed by atoms with Crippen molar-refractivity contribution in [1.29, 1.82) is 0 Å². The van der Waals surface area contributed by atoms with Crippen molar-refractivity contribution in [2.24, 2.45) is 0 Å². The Morgan fingerprint density at radius 1 is 1.10 bits per heavy atom. The molecule has 2 N–H and O–H groups in total. The van der Waals surface area contributed by atoms with E-state index in [1.165, 1.54) is 11.3 Å². The molecule has 0 aliphatic carbocycles. The molecule has 5 aromatic rings. The zero-order valence-corrected chi connectivity index (χ0v) is 16.5. The Labute approximate surface area is 174 Å². The average molecular weight is 416 g/mol. The van der Waals surface area contributed by atoms with Crippen molar-refractivity contribution >= 4 is 44.2 Å². The van der Waals surface area contributed by atoms with Crippen LogP contribution in [-0.2, 0) is 11.2 Å². The molecule has 0 aliphatic heterocycles. The van der Waals surface area contributed by atoms with Gasteiger partial charge in [0.05, 0.1) is 10.9 Å². The predicted molar refractivity (Wildman–Crippen MR) is 117 cm³/mol. The zero-order chi connectivity index (χ0) is 20.5. The second kappa shape index (κ2) is 7.57. The van der Waals surface area contributed by atoms with Crippen molar-refractivity contribution in [2.45, 2.75) is 12.8 Å². The fourth-order valence-corrected chi connectivity index (χ4v) is 3.94. The number of nitrogens with zero attached hydrogens (tertiary/aromatic N) is 2. The van der Waals surface area contributed by atoms with Gasteiger partial charge in [0.1, 0.15) is 17.1 Å². The largest absolute Gasteiger partial charge is 0.454 e. The lowest BCUT2D eigenvalue weighted by Crippen LogP contribution is -2.16. The van der Waals surface area contributed by atoms with Gasteiger partial charge in [-0.15, -0.1) is 11.3 Å². The first-order valence-electron chi connectivity index (χ1n) is 9.38. The van der Waals surface area contributed by atoms with Crippen molar-refractivity contribution in [1.82, 2.24) is 15.0 Å². The van der Waals surface area contributed by atoms with E-state index in [1.807, 2.05) is 41.8 Å². The molecule has 3 heterocycles. The minimum atomic E-state index is -0.202.